The van der Waals surface area contributed by atoms with Crippen LogP contribution < -0.4 is 10.1 Å². The highest BCUT2D eigenvalue weighted by Crippen LogP contribution is 2.33. The van der Waals surface area contributed by atoms with Crippen LogP contribution in [0.25, 0.3) is 31.9 Å². The summed E-state index contributed by atoms with van der Waals surface area (Å²) in [6.07, 6.45) is 1.86. The number of nitrogens with zero attached hydrogens (tertiary/aromatic N) is 2. The van der Waals surface area contributed by atoms with E-state index in [-0.39, 0.29) is 6.61 Å². The predicted molar refractivity (Wildman–Crippen MR) is 109 cm³/mol. The smallest absolute Gasteiger partial charge is 0.125 e. The molecule has 0 aliphatic heterocycles. The fourth-order valence-electron chi connectivity index (χ4n) is 2.79. The molecule has 0 fully saturated rings. The number of alkyl halides is 1. The van der Waals surface area contributed by atoms with Gasteiger partial charge in [-0.3, -0.25) is 0 Å². The zero-order valence-electron chi connectivity index (χ0n) is 14.8. The van der Waals surface area contributed by atoms with Crippen molar-refractivity contribution in [3.05, 3.63) is 60.8 Å². The fourth-order valence-corrected chi connectivity index (χ4v) is 3.79. The molecule has 0 unspecified atom stereocenters. The van der Waals surface area contributed by atoms with Gasteiger partial charge in [0.05, 0.1) is 10.2 Å². The van der Waals surface area contributed by atoms with Gasteiger partial charge in [0.15, 0.2) is 0 Å². The molecule has 0 saturated carbocycles. The summed E-state index contributed by atoms with van der Waals surface area (Å²) in [5.41, 5.74) is 4.15. The van der Waals surface area contributed by atoms with Crippen LogP contribution in [0.5, 0.6) is 5.75 Å². The van der Waals surface area contributed by atoms with Crippen LogP contribution in [-0.2, 0) is 0 Å². The fraction of sp³-hybridized carbons (Fsp3) is 0.143. The Labute approximate surface area is 160 Å². The minimum absolute atomic E-state index is 0.0722. The van der Waals surface area contributed by atoms with Gasteiger partial charge in [0.1, 0.15) is 29.9 Å². The topological polar surface area (TPSA) is 47.0 Å². The lowest BCUT2D eigenvalue weighted by Crippen LogP contribution is -1.97. The van der Waals surface area contributed by atoms with Gasteiger partial charge in [-0.15, -0.1) is 11.3 Å². The van der Waals surface area contributed by atoms with Crippen molar-refractivity contribution in [1.82, 2.24) is 9.97 Å². The molecule has 6 heteroatoms. The van der Waals surface area contributed by atoms with Crippen molar-refractivity contribution in [2.24, 2.45) is 0 Å². The predicted octanol–water partition coefficient (Wildman–Crippen LogP) is 5.42. The molecule has 0 aliphatic rings. The van der Waals surface area contributed by atoms with Gasteiger partial charge in [-0.05, 0) is 35.9 Å². The molecule has 27 heavy (non-hydrogen) atoms. The normalized spacial score (nSPS) is 10.9. The van der Waals surface area contributed by atoms with Crippen molar-refractivity contribution in [2.75, 3.05) is 25.6 Å². The summed E-state index contributed by atoms with van der Waals surface area (Å²) in [4.78, 5) is 9.05. The zero-order chi connectivity index (χ0) is 18.6. The summed E-state index contributed by atoms with van der Waals surface area (Å²) in [7, 11) is 1.85. The van der Waals surface area contributed by atoms with Gasteiger partial charge < -0.3 is 10.1 Å². The summed E-state index contributed by atoms with van der Waals surface area (Å²) in [6.45, 7) is -0.422. The first-order valence-electron chi connectivity index (χ1n) is 8.61. The van der Waals surface area contributed by atoms with Gasteiger partial charge in [-0.1, -0.05) is 24.3 Å². The number of aromatic nitrogens is 2. The number of rotatable bonds is 6. The van der Waals surface area contributed by atoms with Crippen LogP contribution in [0.2, 0.25) is 0 Å². The largest absolute Gasteiger partial charge is 0.491 e. The zero-order valence-corrected chi connectivity index (χ0v) is 15.6. The van der Waals surface area contributed by atoms with Crippen LogP contribution in [0.1, 0.15) is 0 Å². The lowest BCUT2D eigenvalue weighted by molar-refractivity contribution is 0.273. The van der Waals surface area contributed by atoms with E-state index in [0.29, 0.717) is 5.75 Å². The van der Waals surface area contributed by atoms with Crippen LogP contribution in [-0.4, -0.2) is 30.3 Å². The lowest BCUT2D eigenvalue weighted by atomic mass is 10.1. The standard InChI is InChI=1S/C21H18FN3OS/c1-23-20-9-6-16(13-24-20)14-2-4-15(5-3-14)21-25-18-8-7-17(26-11-10-22)12-19(18)27-21/h2-9,12-13H,10-11H2,1H3,(H,23,24). The highest BCUT2D eigenvalue weighted by Gasteiger charge is 2.08. The molecule has 2 aromatic heterocycles. The Morgan fingerprint density at radius 2 is 1.78 bits per heavy atom. The van der Waals surface area contributed by atoms with E-state index in [1.54, 1.807) is 11.3 Å². The summed E-state index contributed by atoms with van der Waals surface area (Å²) in [5, 5.41) is 3.97. The molecule has 0 atom stereocenters. The van der Waals surface area contributed by atoms with Crippen molar-refractivity contribution in [3.8, 4) is 27.4 Å². The van der Waals surface area contributed by atoms with Crippen molar-refractivity contribution < 1.29 is 9.13 Å². The molecule has 0 saturated heterocycles. The first-order chi connectivity index (χ1) is 13.3. The lowest BCUT2D eigenvalue weighted by Gasteiger charge is -2.04. The second kappa shape index (κ2) is 7.72. The highest BCUT2D eigenvalue weighted by molar-refractivity contribution is 7.21. The van der Waals surface area contributed by atoms with Crippen LogP contribution in [0.3, 0.4) is 0 Å². The third-order valence-electron chi connectivity index (χ3n) is 4.19. The molecule has 4 aromatic rings. The number of hydrogen-bond donors (Lipinski definition) is 1. The third-order valence-corrected chi connectivity index (χ3v) is 5.26. The molecule has 1 N–H and O–H groups in total. The second-order valence-electron chi connectivity index (χ2n) is 5.95. The highest BCUT2D eigenvalue weighted by atomic mass is 32.1. The quantitative estimate of drug-likeness (QED) is 0.486. The van der Waals surface area contributed by atoms with E-state index in [9.17, 15) is 4.39 Å². The average molecular weight is 379 g/mol. The number of fused-ring (bicyclic) bond motifs is 1. The summed E-state index contributed by atoms with van der Waals surface area (Å²) >= 11 is 1.60. The van der Waals surface area contributed by atoms with Gasteiger partial charge in [-0.2, -0.15) is 0 Å². The molecule has 4 rings (SSSR count). The molecule has 2 aromatic carbocycles. The summed E-state index contributed by atoms with van der Waals surface area (Å²) < 4.78 is 18.6. The van der Waals surface area contributed by atoms with E-state index in [1.165, 1.54) is 0 Å². The molecule has 2 heterocycles. The number of hydrogen-bond acceptors (Lipinski definition) is 5. The van der Waals surface area contributed by atoms with Gasteiger partial charge in [0.2, 0.25) is 0 Å². The molecule has 0 bridgehead atoms. The average Bonchev–Trinajstić information content (AvgIpc) is 3.16. The molecule has 0 radical (unpaired) electrons. The second-order valence-corrected chi connectivity index (χ2v) is 6.98. The number of ether oxygens (including phenoxy) is 1. The Hall–Kier alpha value is -2.99. The number of pyridine rings is 1. The van der Waals surface area contributed by atoms with E-state index in [4.69, 9.17) is 9.72 Å². The van der Waals surface area contributed by atoms with Crippen molar-refractivity contribution >= 4 is 27.4 Å². The Balaban J connectivity index is 1.59. The van der Waals surface area contributed by atoms with E-state index >= 15 is 0 Å². The molecule has 0 spiro atoms. The summed E-state index contributed by atoms with van der Waals surface area (Å²) in [5.74, 6) is 1.52. The maximum Gasteiger partial charge on any atom is 0.125 e. The van der Waals surface area contributed by atoms with E-state index in [2.05, 4.69) is 34.6 Å². The van der Waals surface area contributed by atoms with E-state index in [0.717, 1.165) is 37.7 Å². The van der Waals surface area contributed by atoms with Gasteiger partial charge >= 0.3 is 0 Å². The van der Waals surface area contributed by atoms with Crippen molar-refractivity contribution in [1.29, 1.82) is 0 Å². The van der Waals surface area contributed by atoms with Crippen LogP contribution in [0.4, 0.5) is 10.2 Å². The molecular weight excluding hydrogens is 361 g/mol. The van der Waals surface area contributed by atoms with Crippen LogP contribution in [0.15, 0.2) is 60.8 Å². The molecule has 4 nitrogen and oxygen atoms in total. The molecule has 136 valence electrons. The first-order valence-corrected chi connectivity index (χ1v) is 9.42. The van der Waals surface area contributed by atoms with Gasteiger partial charge in [0, 0.05) is 24.4 Å². The summed E-state index contributed by atoms with van der Waals surface area (Å²) in [6, 6.07) is 17.9. The minimum atomic E-state index is -0.495. The Bertz CT molecular complexity index is 1050. The monoisotopic (exact) mass is 379 g/mol. The van der Waals surface area contributed by atoms with Crippen LogP contribution in [0, 0.1) is 0 Å². The minimum Gasteiger partial charge on any atom is -0.491 e. The van der Waals surface area contributed by atoms with E-state index < -0.39 is 6.67 Å². The number of benzene rings is 2. The number of halogens is 1. The van der Waals surface area contributed by atoms with Gasteiger partial charge in [0.25, 0.3) is 0 Å². The van der Waals surface area contributed by atoms with E-state index in [1.807, 2.05) is 43.6 Å². The number of thiazole rings is 1. The van der Waals surface area contributed by atoms with Gasteiger partial charge in [-0.25, -0.2) is 14.4 Å². The Kier molecular flexibility index (Phi) is 4.98. The van der Waals surface area contributed by atoms with Crippen molar-refractivity contribution in [2.45, 2.75) is 0 Å². The van der Waals surface area contributed by atoms with Crippen molar-refractivity contribution in [3.63, 3.8) is 0 Å². The third kappa shape index (κ3) is 3.75. The van der Waals surface area contributed by atoms with Crippen LogP contribution >= 0.6 is 11.3 Å². The SMILES string of the molecule is CNc1ccc(-c2ccc(-c3nc4ccc(OCCF)cc4s3)cc2)cn1. The molecule has 0 aliphatic carbocycles. The Morgan fingerprint density at radius 3 is 2.48 bits per heavy atom. The number of nitrogens with one attached hydrogen (secondary N) is 1. The maximum absolute atomic E-state index is 12.3. The molecule has 0 amide bonds. The Morgan fingerprint density at radius 1 is 1.00 bits per heavy atom. The molecular formula is C21H18FN3OS. The number of anilines is 1. The first kappa shape index (κ1) is 17.4. The maximum atomic E-state index is 12.3.